The van der Waals surface area contributed by atoms with E-state index in [2.05, 4.69) is 11.4 Å². The largest absolute Gasteiger partial charge is 0.484 e. The van der Waals surface area contributed by atoms with Gasteiger partial charge in [-0.3, -0.25) is 0 Å². The van der Waals surface area contributed by atoms with Crippen LogP contribution in [-0.4, -0.2) is 38.1 Å². The summed E-state index contributed by atoms with van der Waals surface area (Å²) in [6.07, 6.45) is -1.33. The van der Waals surface area contributed by atoms with E-state index < -0.39 is 12.8 Å². The molecule has 1 fully saturated rings. The third-order valence-corrected chi connectivity index (χ3v) is 3.56. The van der Waals surface area contributed by atoms with Crippen LogP contribution in [0.5, 0.6) is 5.75 Å². The molecule has 2 unspecified atom stereocenters. The number of hydrogen-bond donors (Lipinski definition) is 1. The minimum atomic E-state index is -4.31. The molecule has 21 heavy (non-hydrogen) atoms. The molecule has 2 aliphatic heterocycles. The van der Waals surface area contributed by atoms with Gasteiger partial charge in [0.05, 0.1) is 13.2 Å². The molecule has 3 rings (SSSR count). The quantitative estimate of drug-likeness (QED) is 0.931. The first-order chi connectivity index (χ1) is 9.99. The maximum absolute atomic E-state index is 12.1. The van der Waals surface area contributed by atoms with Gasteiger partial charge >= 0.3 is 6.18 Å². The number of halogens is 3. The van der Waals surface area contributed by atoms with Gasteiger partial charge in [-0.1, -0.05) is 18.2 Å². The van der Waals surface area contributed by atoms with Crippen LogP contribution in [0.4, 0.5) is 13.2 Å². The van der Waals surface area contributed by atoms with Gasteiger partial charge in [0, 0.05) is 12.1 Å². The summed E-state index contributed by atoms with van der Waals surface area (Å²) in [5.74, 6) is 0.231. The van der Waals surface area contributed by atoms with Gasteiger partial charge in [0.2, 0.25) is 0 Å². The zero-order chi connectivity index (χ0) is 14.9. The molecule has 1 N–H and O–H groups in total. The number of ether oxygens (including phenoxy) is 2. The van der Waals surface area contributed by atoms with E-state index in [1.165, 1.54) is 5.57 Å². The summed E-state index contributed by atoms with van der Waals surface area (Å²) in [4.78, 5) is 0. The zero-order valence-electron chi connectivity index (χ0n) is 11.3. The first-order valence-electron chi connectivity index (χ1n) is 6.84. The van der Waals surface area contributed by atoms with Gasteiger partial charge in [-0.05, 0) is 29.7 Å². The second-order valence-corrected chi connectivity index (χ2v) is 5.33. The minimum absolute atomic E-state index is 0.216. The Balaban J connectivity index is 1.68. The molecule has 0 spiro atoms. The summed E-state index contributed by atoms with van der Waals surface area (Å²) in [6.45, 7) is 0.0911. The summed E-state index contributed by atoms with van der Waals surface area (Å²) in [7, 11) is 0. The molecule has 2 aliphatic rings. The van der Waals surface area contributed by atoms with Crippen LogP contribution >= 0.6 is 0 Å². The summed E-state index contributed by atoms with van der Waals surface area (Å²) in [6, 6.07) is 7.30. The molecule has 2 bridgehead atoms. The number of benzene rings is 1. The Bertz CT molecular complexity index is 525. The van der Waals surface area contributed by atoms with Crippen LogP contribution in [0.3, 0.4) is 0 Å². The highest BCUT2D eigenvalue weighted by Gasteiger charge is 2.29. The summed E-state index contributed by atoms with van der Waals surface area (Å²) in [5.41, 5.74) is 2.22. The SMILES string of the molecule is FC(F)(F)COc1ccc(C2=CC3COCC(C2)N3)cc1. The smallest absolute Gasteiger partial charge is 0.422 e. The van der Waals surface area contributed by atoms with Gasteiger partial charge in [-0.25, -0.2) is 0 Å². The van der Waals surface area contributed by atoms with Crippen LogP contribution < -0.4 is 10.1 Å². The van der Waals surface area contributed by atoms with Crippen molar-refractivity contribution in [2.24, 2.45) is 0 Å². The van der Waals surface area contributed by atoms with Gasteiger partial charge in [-0.2, -0.15) is 13.2 Å². The lowest BCUT2D eigenvalue weighted by molar-refractivity contribution is -0.153. The summed E-state index contributed by atoms with van der Waals surface area (Å²) >= 11 is 0. The molecule has 2 atom stereocenters. The molecule has 2 heterocycles. The van der Waals surface area contributed by atoms with Crippen molar-refractivity contribution >= 4 is 5.57 Å². The van der Waals surface area contributed by atoms with Gasteiger partial charge in [0.25, 0.3) is 0 Å². The third-order valence-electron chi connectivity index (χ3n) is 3.56. The first kappa shape index (κ1) is 14.4. The molecule has 0 radical (unpaired) electrons. The Hall–Kier alpha value is -1.53. The lowest BCUT2D eigenvalue weighted by atomic mass is 9.92. The average molecular weight is 299 g/mol. The Morgan fingerprint density at radius 1 is 1.19 bits per heavy atom. The highest BCUT2D eigenvalue weighted by Crippen LogP contribution is 2.28. The summed E-state index contributed by atoms with van der Waals surface area (Å²) < 4.78 is 46.5. The monoisotopic (exact) mass is 299 g/mol. The highest BCUT2D eigenvalue weighted by molar-refractivity contribution is 5.68. The number of nitrogens with one attached hydrogen (secondary N) is 1. The first-order valence-corrected chi connectivity index (χ1v) is 6.84. The van der Waals surface area contributed by atoms with Crippen molar-refractivity contribution in [2.75, 3.05) is 19.8 Å². The van der Waals surface area contributed by atoms with E-state index in [9.17, 15) is 13.2 Å². The number of rotatable bonds is 3. The van der Waals surface area contributed by atoms with E-state index in [0.717, 1.165) is 12.0 Å². The van der Waals surface area contributed by atoms with Gasteiger partial charge in [0.1, 0.15) is 5.75 Å². The lowest BCUT2D eigenvalue weighted by Crippen LogP contribution is -2.50. The number of morpholine rings is 1. The fourth-order valence-corrected chi connectivity index (χ4v) is 2.67. The fourth-order valence-electron chi connectivity index (χ4n) is 2.67. The van der Waals surface area contributed by atoms with Crippen LogP contribution in [-0.2, 0) is 4.74 Å². The molecule has 0 aliphatic carbocycles. The van der Waals surface area contributed by atoms with Gasteiger partial charge < -0.3 is 14.8 Å². The minimum Gasteiger partial charge on any atom is -0.484 e. The normalized spacial score (nSPS) is 25.4. The maximum Gasteiger partial charge on any atom is 0.422 e. The van der Waals surface area contributed by atoms with Crippen molar-refractivity contribution in [3.63, 3.8) is 0 Å². The van der Waals surface area contributed by atoms with Crippen LogP contribution in [0, 0.1) is 0 Å². The standard InChI is InChI=1S/C15H16F3NO2/c16-15(17,18)9-21-14-3-1-10(2-4-14)11-5-12-7-20-8-13(6-11)19-12/h1-5,12-13,19H,6-9H2. The molecule has 3 nitrogen and oxygen atoms in total. The molecule has 6 heteroatoms. The predicted octanol–water partition coefficient (Wildman–Crippen LogP) is 2.77. The fraction of sp³-hybridized carbons (Fsp3) is 0.467. The van der Waals surface area contributed by atoms with Gasteiger partial charge in [-0.15, -0.1) is 0 Å². The van der Waals surface area contributed by atoms with Gasteiger partial charge in [0.15, 0.2) is 6.61 Å². The zero-order valence-corrected chi connectivity index (χ0v) is 11.3. The molecule has 0 amide bonds. The maximum atomic E-state index is 12.1. The average Bonchev–Trinajstić information content (AvgIpc) is 2.44. The molecular formula is C15H16F3NO2. The van der Waals surface area contributed by atoms with Crippen molar-refractivity contribution in [2.45, 2.75) is 24.7 Å². The molecule has 114 valence electrons. The second kappa shape index (κ2) is 5.69. The van der Waals surface area contributed by atoms with Crippen LogP contribution in [0.1, 0.15) is 12.0 Å². The Morgan fingerprint density at radius 2 is 1.95 bits per heavy atom. The Labute approximate surface area is 120 Å². The second-order valence-electron chi connectivity index (χ2n) is 5.33. The molecule has 0 aromatic heterocycles. The third kappa shape index (κ3) is 3.77. The highest BCUT2D eigenvalue weighted by atomic mass is 19.4. The molecule has 0 saturated carbocycles. The van der Waals surface area contributed by atoms with Crippen molar-refractivity contribution in [3.8, 4) is 5.75 Å². The number of fused-ring (bicyclic) bond motifs is 2. The van der Waals surface area contributed by atoms with Crippen molar-refractivity contribution < 1.29 is 22.6 Å². The van der Waals surface area contributed by atoms with E-state index in [-0.39, 0.29) is 11.8 Å². The molecule has 1 aromatic carbocycles. The topological polar surface area (TPSA) is 30.5 Å². The molecule has 1 saturated heterocycles. The van der Waals surface area contributed by atoms with E-state index in [0.29, 0.717) is 19.3 Å². The van der Waals surface area contributed by atoms with Crippen LogP contribution in [0.15, 0.2) is 30.3 Å². The van der Waals surface area contributed by atoms with E-state index in [4.69, 9.17) is 9.47 Å². The van der Waals surface area contributed by atoms with Crippen molar-refractivity contribution in [1.29, 1.82) is 0 Å². The molecule has 1 aromatic rings. The number of alkyl halides is 3. The summed E-state index contributed by atoms with van der Waals surface area (Å²) in [5, 5.41) is 3.45. The van der Waals surface area contributed by atoms with Crippen molar-refractivity contribution in [1.82, 2.24) is 5.32 Å². The molecular weight excluding hydrogens is 283 g/mol. The lowest BCUT2D eigenvalue weighted by Gasteiger charge is -2.35. The predicted molar refractivity (Wildman–Crippen MR) is 72.1 cm³/mol. The Kier molecular flexibility index (Phi) is 3.91. The Morgan fingerprint density at radius 3 is 2.62 bits per heavy atom. The number of hydrogen-bond acceptors (Lipinski definition) is 3. The van der Waals surface area contributed by atoms with E-state index >= 15 is 0 Å². The van der Waals surface area contributed by atoms with E-state index in [1.807, 2.05) is 0 Å². The van der Waals surface area contributed by atoms with E-state index in [1.54, 1.807) is 24.3 Å². The van der Waals surface area contributed by atoms with Crippen LogP contribution in [0.2, 0.25) is 0 Å². The van der Waals surface area contributed by atoms with Crippen molar-refractivity contribution in [3.05, 3.63) is 35.9 Å². The van der Waals surface area contributed by atoms with Crippen LogP contribution in [0.25, 0.3) is 5.57 Å².